The van der Waals surface area contributed by atoms with E-state index in [1.807, 2.05) is 13.8 Å². The fourth-order valence-electron chi connectivity index (χ4n) is 1.26. The summed E-state index contributed by atoms with van der Waals surface area (Å²) in [5.74, 6) is 0. The van der Waals surface area contributed by atoms with Crippen LogP contribution in [-0.4, -0.2) is 41.3 Å². The third-order valence-corrected chi connectivity index (χ3v) is 1.69. The Hall–Kier alpha value is -0.770. The molecule has 4 heteroatoms. The van der Waals surface area contributed by atoms with E-state index in [1.165, 1.54) is 0 Å². The standard InChI is InChI=1S/C7H14N2O2/c1-7(2)5-9(3-4-10)6(11)8-7/h10H,3-5H2,1-2H3,(H,8,11). The summed E-state index contributed by atoms with van der Waals surface area (Å²) in [6.07, 6.45) is 0. The first kappa shape index (κ1) is 8.33. The number of nitrogens with one attached hydrogen (secondary N) is 1. The lowest BCUT2D eigenvalue weighted by atomic mass is 10.1. The van der Waals surface area contributed by atoms with E-state index in [4.69, 9.17) is 5.11 Å². The Bertz CT molecular complexity index is 168. The highest BCUT2D eigenvalue weighted by Gasteiger charge is 2.33. The fourth-order valence-corrected chi connectivity index (χ4v) is 1.26. The third kappa shape index (κ3) is 1.83. The molecule has 4 nitrogen and oxygen atoms in total. The molecule has 2 N–H and O–H groups in total. The summed E-state index contributed by atoms with van der Waals surface area (Å²) in [5, 5.41) is 11.4. The molecule has 1 fully saturated rings. The highest BCUT2D eigenvalue weighted by atomic mass is 16.3. The van der Waals surface area contributed by atoms with E-state index in [0.717, 1.165) is 0 Å². The first-order chi connectivity index (χ1) is 5.05. The summed E-state index contributed by atoms with van der Waals surface area (Å²) in [4.78, 5) is 12.7. The number of carbonyl (C=O) groups is 1. The van der Waals surface area contributed by atoms with E-state index in [9.17, 15) is 4.79 Å². The number of aliphatic hydroxyl groups is 1. The average Bonchev–Trinajstić information content (AvgIpc) is 2.07. The zero-order chi connectivity index (χ0) is 8.48. The third-order valence-electron chi connectivity index (χ3n) is 1.69. The van der Waals surface area contributed by atoms with Gasteiger partial charge in [0.25, 0.3) is 0 Å². The summed E-state index contributed by atoms with van der Waals surface area (Å²) in [5.41, 5.74) is -0.147. The fraction of sp³-hybridized carbons (Fsp3) is 0.857. The van der Waals surface area contributed by atoms with Crippen molar-refractivity contribution in [2.45, 2.75) is 19.4 Å². The van der Waals surface area contributed by atoms with Gasteiger partial charge in [-0.25, -0.2) is 4.79 Å². The van der Waals surface area contributed by atoms with Gasteiger partial charge in [0.15, 0.2) is 0 Å². The molecule has 0 atom stereocenters. The maximum absolute atomic E-state index is 11.1. The van der Waals surface area contributed by atoms with Crippen molar-refractivity contribution in [3.8, 4) is 0 Å². The zero-order valence-corrected chi connectivity index (χ0v) is 6.92. The number of urea groups is 1. The lowest BCUT2D eigenvalue weighted by Crippen LogP contribution is -2.36. The molecular weight excluding hydrogens is 144 g/mol. The van der Waals surface area contributed by atoms with Gasteiger partial charge in [-0.1, -0.05) is 0 Å². The molecule has 0 aromatic rings. The second kappa shape index (κ2) is 2.70. The summed E-state index contributed by atoms with van der Waals surface area (Å²) in [7, 11) is 0. The van der Waals surface area contributed by atoms with Gasteiger partial charge < -0.3 is 15.3 Å². The largest absolute Gasteiger partial charge is 0.395 e. The first-order valence-corrected chi connectivity index (χ1v) is 3.73. The Morgan fingerprint density at radius 1 is 1.73 bits per heavy atom. The number of hydrogen-bond donors (Lipinski definition) is 2. The molecule has 0 aromatic heterocycles. The predicted octanol–water partition coefficient (Wildman–Crippen LogP) is -0.217. The Morgan fingerprint density at radius 3 is 2.73 bits per heavy atom. The first-order valence-electron chi connectivity index (χ1n) is 3.73. The number of amides is 2. The van der Waals surface area contributed by atoms with Gasteiger partial charge in [0.2, 0.25) is 0 Å². The van der Waals surface area contributed by atoms with Crippen LogP contribution in [0, 0.1) is 0 Å². The van der Waals surface area contributed by atoms with Gasteiger partial charge in [-0.15, -0.1) is 0 Å². The summed E-state index contributed by atoms with van der Waals surface area (Å²) < 4.78 is 0. The van der Waals surface area contributed by atoms with Crippen LogP contribution in [0.5, 0.6) is 0 Å². The molecule has 1 saturated heterocycles. The predicted molar refractivity (Wildman–Crippen MR) is 41.3 cm³/mol. The summed E-state index contributed by atoms with van der Waals surface area (Å²) >= 11 is 0. The number of hydrogen-bond acceptors (Lipinski definition) is 2. The van der Waals surface area contributed by atoms with Crippen LogP contribution in [0.1, 0.15) is 13.8 Å². The minimum absolute atomic E-state index is 0.0312. The van der Waals surface area contributed by atoms with Gasteiger partial charge in [-0.2, -0.15) is 0 Å². The maximum Gasteiger partial charge on any atom is 0.318 e. The van der Waals surface area contributed by atoms with Crippen LogP contribution in [0.15, 0.2) is 0 Å². The van der Waals surface area contributed by atoms with Gasteiger partial charge in [-0.3, -0.25) is 0 Å². The molecule has 1 aliphatic rings. The van der Waals surface area contributed by atoms with Gasteiger partial charge in [0.1, 0.15) is 0 Å². The molecule has 0 unspecified atom stereocenters. The van der Waals surface area contributed by atoms with E-state index in [2.05, 4.69) is 5.32 Å². The highest BCUT2D eigenvalue weighted by Crippen LogP contribution is 2.13. The molecule has 1 rings (SSSR count). The number of aliphatic hydroxyl groups excluding tert-OH is 1. The minimum Gasteiger partial charge on any atom is -0.395 e. The topological polar surface area (TPSA) is 52.6 Å². The number of nitrogens with zero attached hydrogens (tertiary/aromatic N) is 1. The molecule has 1 heterocycles. The molecule has 0 saturated carbocycles. The highest BCUT2D eigenvalue weighted by molar-refractivity contribution is 5.77. The smallest absolute Gasteiger partial charge is 0.318 e. The number of rotatable bonds is 2. The maximum atomic E-state index is 11.1. The van der Waals surface area contributed by atoms with Crippen molar-refractivity contribution in [1.29, 1.82) is 0 Å². The van der Waals surface area contributed by atoms with E-state index >= 15 is 0 Å². The van der Waals surface area contributed by atoms with Crippen molar-refractivity contribution in [2.75, 3.05) is 19.7 Å². The Morgan fingerprint density at radius 2 is 2.36 bits per heavy atom. The molecule has 0 aliphatic carbocycles. The Balaban J connectivity index is 2.52. The molecule has 11 heavy (non-hydrogen) atoms. The van der Waals surface area contributed by atoms with Crippen LogP contribution in [0.3, 0.4) is 0 Å². The Labute approximate surface area is 66.2 Å². The van der Waals surface area contributed by atoms with Gasteiger partial charge in [-0.05, 0) is 13.8 Å². The van der Waals surface area contributed by atoms with Gasteiger partial charge in [0, 0.05) is 13.1 Å². The van der Waals surface area contributed by atoms with Crippen LogP contribution in [0.25, 0.3) is 0 Å². The van der Waals surface area contributed by atoms with E-state index in [1.54, 1.807) is 4.90 Å². The van der Waals surface area contributed by atoms with Crippen molar-refractivity contribution in [3.63, 3.8) is 0 Å². The van der Waals surface area contributed by atoms with E-state index in [-0.39, 0.29) is 18.2 Å². The average molecular weight is 158 g/mol. The second-order valence-corrected chi connectivity index (χ2v) is 3.46. The van der Waals surface area contributed by atoms with Crippen LogP contribution >= 0.6 is 0 Å². The molecule has 1 aliphatic heterocycles. The number of carbonyl (C=O) groups excluding carboxylic acids is 1. The Kier molecular flexibility index (Phi) is 2.04. The molecule has 0 spiro atoms. The molecule has 0 bridgehead atoms. The molecular formula is C7H14N2O2. The molecule has 64 valence electrons. The monoisotopic (exact) mass is 158 g/mol. The van der Waals surface area contributed by atoms with Crippen LogP contribution < -0.4 is 5.32 Å². The van der Waals surface area contributed by atoms with Gasteiger partial charge >= 0.3 is 6.03 Å². The lowest BCUT2D eigenvalue weighted by molar-refractivity contribution is 0.196. The zero-order valence-electron chi connectivity index (χ0n) is 6.92. The molecule has 0 aromatic carbocycles. The van der Waals surface area contributed by atoms with Crippen LogP contribution in [0.4, 0.5) is 4.79 Å². The van der Waals surface area contributed by atoms with Crippen molar-refractivity contribution >= 4 is 6.03 Å². The molecule has 0 radical (unpaired) electrons. The van der Waals surface area contributed by atoms with E-state index in [0.29, 0.717) is 13.1 Å². The van der Waals surface area contributed by atoms with Crippen LogP contribution in [0.2, 0.25) is 0 Å². The summed E-state index contributed by atoms with van der Waals surface area (Å²) in [6.45, 7) is 5.05. The normalized spacial score (nSPS) is 22.1. The van der Waals surface area contributed by atoms with Gasteiger partial charge in [0.05, 0.1) is 12.1 Å². The van der Waals surface area contributed by atoms with Crippen molar-refractivity contribution in [1.82, 2.24) is 10.2 Å². The minimum atomic E-state index is -0.147. The van der Waals surface area contributed by atoms with E-state index < -0.39 is 0 Å². The van der Waals surface area contributed by atoms with Crippen molar-refractivity contribution < 1.29 is 9.90 Å². The number of β-amino-alcohol motifs (C(OH)–C–C–N with tert-alkyl or cyclic N) is 1. The van der Waals surface area contributed by atoms with Crippen molar-refractivity contribution in [3.05, 3.63) is 0 Å². The summed E-state index contributed by atoms with van der Waals surface area (Å²) in [6, 6.07) is -0.0796. The van der Waals surface area contributed by atoms with Crippen LogP contribution in [-0.2, 0) is 0 Å². The SMILES string of the molecule is CC1(C)CN(CCO)C(=O)N1. The molecule has 2 amide bonds. The quantitative estimate of drug-likeness (QED) is 0.584. The van der Waals surface area contributed by atoms with Crippen molar-refractivity contribution in [2.24, 2.45) is 0 Å². The lowest BCUT2D eigenvalue weighted by Gasteiger charge is -2.16. The second-order valence-electron chi connectivity index (χ2n) is 3.46.